The molecule has 0 fully saturated rings. The van der Waals surface area contributed by atoms with E-state index < -0.39 is 0 Å². The zero-order chi connectivity index (χ0) is 20.1. The fraction of sp³-hybridized carbons (Fsp3) is 0.190. The molecule has 0 saturated heterocycles. The van der Waals surface area contributed by atoms with Gasteiger partial charge in [-0.1, -0.05) is 6.07 Å². The Balaban J connectivity index is 1.68. The molecule has 3 N–H and O–H groups in total. The number of hydrogen-bond donors (Lipinski definition) is 3. The summed E-state index contributed by atoms with van der Waals surface area (Å²) in [5.41, 5.74) is 2.22. The molecule has 144 valence electrons. The average molecular weight is 379 g/mol. The summed E-state index contributed by atoms with van der Waals surface area (Å²) in [4.78, 5) is 38.5. The van der Waals surface area contributed by atoms with Crippen LogP contribution in [0.25, 0.3) is 10.9 Å². The number of fused-ring (bicyclic) bond motifs is 1. The van der Waals surface area contributed by atoms with Gasteiger partial charge in [-0.15, -0.1) is 0 Å². The van der Waals surface area contributed by atoms with Crippen molar-refractivity contribution in [2.75, 3.05) is 17.7 Å². The van der Waals surface area contributed by atoms with Crippen molar-refractivity contribution in [1.82, 2.24) is 4.98 Å². The fourth-order valence-electron chi connectivity index (χ4n) is 2.89. The molecular formula is C21H21N3O4. The Morgan fingerprint density at radius 3 is 2.50 bits per heavy atom. The molecule has 0 spiro atoms. The number of pyridine rings is 1. The van der Waals surface area contributed by atoms with Crippen LogP contribution in [-0.4, -0.2) is 23.9 Å². The van der Waals surface area contributed by atoms with Crippen LogP contribution < -0.4 is 20.9 Å². The quantitative estimate of drug-likeness (QED) is 0.613. The van der Waals surface area contributed by atoms with Gasteiger partial charge in [-0.2, -0.15) is 0 Å². The Labute approximate surface area is 161 Å². The largest absolute Gasteiger partial charge is 0.497 e. The third-order valence-electron chi connectivity index (χ3n) is 4.22. The van der Waals surface area contributed by atoms with Gasteiger partial charge in [0.05, 0.1) is 7.11 Å². The fourth-order valence-corrected chi connectivity index (χ4v) is 2.89. The molecule has 2 aromatic carbocycles. The van der Waals surface area contributed by atoms with Gasteiger partial charge in [0.25, 0.3) is 5.56 Å². The first kappa shape index (κ1) is 19.2. The predicted octanol–water partition coefficient (Wildman–Crippen LogP) is 3.07. The van der Waals surface area contributed by atoms with E-state index in [1.54, 1.807) is 49.6 Å². The van der Waals surface area contributed by atoms with Gasteiger partial charge in [-0.25, -0.2) is 0 Å². The van der Waals surface area contributed by atoms with Crippen LogP contribution in [0.4, 0.5) is 11.4 Å². The maximum atomic E-state index is 12.3. The summed E-state index contributed by atoms with van der Waals surface area (Å²) in [6.07, 6.45) is 0.461. The summed E-state index contributed by atoms with van der Waals surface area (Å²) in [7, 11) is 1.58. The van der Waals surface area contributed by atoms with Gasteiger partial charge >= 0.3 is 0 Å². The number of nitrogens with one attached hydrogen (secondary N) is 3. The summed E-state index contributed by atoms with van der Waals surface area (Å²) in [5.74, 6) is 0.294. The molecule has 1 aromatic heterocycles. The van der Waals surface area contributed by atoms with E-state index in [4.69, 9.17) is 4.74 Å². The SMILES string of the molecule is COc1ccc2[nH]c(=O)c(CCC(=O)Nc3cccc(NC(C)=O)c3)cc2c1. The van der Waals surface area contributed by atoms with Crippen LogP contribution in [0, 0.1) is 0 Å². The summed E-state index contributed by atoms with van der Waals surface area (Å²) in [6.45, 7) is 1.42. The molecule has 0 unspecified atom stereocenters. The normalized spacial score (nSPS) is 10.5. The third-order valence-corrected chi connectivity index (χ3v) is 4.22. The van der Waals surface area contributed by atoms with Crippen LogP contribution in [0.5, 0.6) is 5.75 Å². The molecule has 0 atom stereocenters. The number of aromatic nitrogens is 1. The van der Waals surface area contributed by atoms with Crippen LogP contribution in [0.3, 0.4) is 0 Å². The number of hydrogen-bond acceptors (Lipinski definition) is 4. The molecular weight excluding hydrogens is 358 g/mol. The number of rotatable bonds is 6. The smallest absolute Gasteiger partial charge is 0.251 e. The molecule has 0 aliphatic heterocycles. The van der Waals surface area contributed by atoms with Crippen molar-refractivity contribution in [2.45, 2.75) is 19.8 Å². The molecule has 2 amide bonds. The molecule has 0 radical (unpaired) electrons. The molecule has 7 nitrogen and oxygen atoms in total. The number of anilines is 2. The number of methoxy groups -OCH3 is 1. The minimum Gasteiger partial charge on any atom is -0.497 e. The lowest BCUT2D eigenvalue weighted by Crippen LogP contribution is -2.17. The van der Waals surface area contributed by atoms with Crippen molar-refractivity contribution < 1.29 is 14.3 Å². The molecule has 3 aromatic rings. The lowest BCUT2D eigenvalue weighted by molar-refractivity contribution is -0.116. The van der Waals surface area contributed by atoms with E-state index in [-0.39, 0.29) is 23.8 Å². The van der Waals surface area contributed by atoms with E-state index >= 15 is 0 Å². The number of ether oxygens (including phenoxy) is 1. The Hall–Kier alpha value is -3.61. The topological polar surface area (TPSA) is 100 Å². The van der Waals surface area contributed by atoms with Gasteiger partial charge in [-0.3, -0.25) is 14.4 Å². The molecule has 0 aliphatic rings. The van der Waals surface area contributed by atoms with Crippen LogP contribution in [-0.2, 0) is 16.0 Å². The first-order valence-corrected chi connectivity index (χ1v) is 8.82. The minimum absolute atomic E-state index is 0.156. The molecule has 0 bridgehead atoms. The van der Waals surface area contributed by atoms with E-state index in [0.29, 0.717) is 34.6 Å². The number of carbonyl (C=O) groups excluding carboxylic acids is 2. The number of benzene rings is 2. The van der Waals surface area contributed by atoms with Gasteiger partial charge < -0.3 is 20.4 Å². The Kier molecular flexibility index (Phi) is 5.74. The monoisotopic (exact) mass is 379 g/mol. The van der Waals surface area contributed by atoms with Gasteiger partial charge in [0.15, 0.2) is 0 Å². The van der Waals surface area contributed by atoms with Crippen molar-refractivity contribution >= 4 is 34.1 Å². The number of aryl methyl sites for hydroxylation is 1. The van der Waals surface area contributed by atoms with Crippen LogP contribution in [0.15, 0.2) is 53.3 Å². The predicted molar refractivity (Wildman–Crippen MR) is 109 cm³/mol. The Morgan fingerprint density at radius 1 is 1.04 bits per heavy atom. The maximum Gasteiger partial charge on any atom is 0.251 e. The Morgan fingerprint density at radius 2 is 1.79 bits per heavy atom. The summed E-state index contributed by atoms with van der Waals surface area (Å²) in [6, 6.07) is 14.1. The second-order valence-electron chi connectivity index (χ2n) is 6.39. The zero-order valence-corrected chi connectivity index (χ0v) is 15.7. The zero-order valence-electron chi connectivity index (χ0n) is 15.7. The summed E-state index contributed by atoms with van der Waals surface area (Å²) >= 11 is 0. The molecule has 1 heterocycles. The van der Waals surface area contributed by atoms with E-state index in [9.17, 15) is 14.4 Å². The van der Waals surface area contributed by atoms with Crippen molar-refractivity contribution in [3.8, 4) is 5.75 Å². The van der Waals surface area contributed by atoms with Crippen molar-refractivity contribution in [3.63, 3.8) is 0 Å². The van der Waals surface area contributed by atoms with E-state index in [2.05, 4.69) is 15.6 Å². The first-order chi connectivity index (χ1) is 13.4. The average Bonchev–Trinajstić information content (AvgIpc) is 2.65. The van der Waals surface area contributed by atoms with Crippen LogP contribution in [0.1, 0.15) is 18.9 Å². The highest BCUT2D eigenvalue weighted by Crippen LogP contribution is 2.19. The van der Waals surface area contributed by atoms with Gasteiger partial charge in [0.1, 0.15) is 5.75 Å². The molecule has 0 aliphatic carbocycles. The van der Waals surface area contributed by atoms with Gasteiger partial charge in [-0.05, 0) is 48.9 Å². The second kappa shape index (κ2) is 8.39. The summed E-state index contributed by atoms with van der Waals surface area (Å²) in [5, 5.41) is 6.29. The lowest BCUT2D eigenvalue weighted by atomic mass is 10.1. The number of carbonyl (C=O) groups is 2. The van der Waals surface area contributed by atoms with Crippen molar-refractivity contribution in [2.24, 2.45) is 0 Å². The highest BCUT2D eigenvalue weighted by Gasteiger charge is 2.08. The first-order valence-electron chi connectivity index (χ1n) is 8.82. The summed E-state index contributed by atoms with van der Waals surface area (Å²) < 4.78 is 5.21. The molecule has 3 rings (SSSR count). The standard InChI is InChI=1S/C21H21N3O4/c1-13(25)22-16-4-3-5-17(12-16)23-20(26)9-6-14-10-15-11-18(28-2)7-8-19(15)24-21(14)27/h3-5,7-8,10-12H,6,9H2,1-2H3,(H,22,25)(H,23,26)(H,24,27). The number of aromatic amines is 1. The van der Waals surface area contributed by atoms with Gasteiger partial charge in [0.2, 0.25) is 11.8 Å². The van der Waals surface area contributed by atoms with Crippen molar-refractivity contribution in [3.05, 3.63) is 64.4 Å². The molecule has 7 heteroatoms. The lowest BCUT2D eigenvalue weighted by Gasteiger charge is -2.08. The highest BCUT2D eigenvalue weighted by atomic mass is 16.5. The molecule has 28 heavy (non-hydrogen) atoms. The molecule has 0 saturated carbocycles. The minimum atomic E-state index is -0.217. The Bertz CT molecular complexity index is 1090. The number of H-pyrrole nitrogens is 1. The maximum absolute atomic E-state index is 12.3. The van der Waals surface area contributed by atoms with E-state index in [0.717, 1.165) is 5.39 Å². The second-order valence-corrected chi connectivity index (χ2v) is 6.39. The van der Waals surface area contributed by atoms with Crippen LogP contribution in [0.2, 0.25) is 0 Å². The third kappa shape index (κ3) is 4.76. The number of amides is 2. The van der Waals surface area contributed by atoms with E-state index in [1.807, 2.05) is 6.07 Å². The van der Waals surface area contributed by atoms with E-state index in [1.165, 1.54) is 6.92 Å². The van der Waals surface area contributed by atoms with Crippen molar-refractivity contribution in [1.29, 1.82) is 0 Å². The highest BCUT2D eigenvalue weighted by molar-refractivity contribution is 5.93. The van der Waals surface area contributed by atoms with Crippen LogP contribution >= 0.6 is 0 Å². The van der Waals surface area contributed by atoms with Gasteiger partial charge in [0, 0.05) is 41.2 Å².